The zero-order valence-corrected chi connectivity index (χ0v) is 12.4. The van der Waals surface area contributed by atoms with E-state index in [9.17, 15) is 14.0 Å². The zero-order valence-electron chi connectivity index (χ0n) is 11.6. The molecule has 0 bridgehead atoms. The molecule has 112 valence electrons. The summed E-state index contributed by atoms with van der Waals surface area (Å²) in [7, 11) is 0. The number of halogens is 2. The van der Waals surface area contributed by atoms with Crippen LogP contribution in [0, 0.1) is 5.82 Å². The normalized spacial score (nSPS) is 16.1. The number of anilines is 1. The van der Waals surface area contributed by atoms with Crippen LogP contribution in [0.2, 0.25) is 5.02 Å². The number of nitrogens with one attached hydrogen (secondary N) is 2. The quantitative estimate of drug-likeness (QED) is 0.893. The molecule has 1 aliphatic rings. The van der Waals surface area contributed by atoms with Crippen LogP contribution in [-0.2, 0) is 4.79 Å². The average molecular weight is 319 g/mol. The minimum atomic E-state index is -0.603. The number of hydrogen-bond acceptors (Lipinski definition) is 2. The second-order valence-corrected chi connectivity index (χ2v) is 5.43. The van der Waals surface area contributed by atoms with Gasteiger partial charge >= 0.3 is 0 Å². The van der Waals surface area contributed by atoms with Crippen molar-refractivity contribution < 1.29 is 14.0 Å². The Kier molecular flexibility index (Phi) is 3.58. The first-order valence-electron chi connectivity index (χ1n) is 6.63. The third-order valence-corrected chi connectivity index (χ3v) is 3.84. The number of rotatable bonds is 2. The molecule has 2 amide bonds. The standard InChI is InChI=1S/C16H12ClFN2O2/c1-8(21)19-13-4-2-3-10-14(13)15(20-16(10)22)11-7-9(18)5-6-12(11)17/h2-7,15H,1H3,(H,19,21)(H,20,22). The Hall–Kier alpha value is -2.40. The molecule has 0 saturated carbocycles. The fraction of sp³-hybridized carbons (Fsp3) is 0.125. The van der Waals surface area contributed by atoms with Gasteiger partial charge in [0.1, 0.15) is 5.82 Å². The first-order chi connectivity index (χ1) is 10.5. The molecule has 22 heavy (non-hydrogen) atoms. The lowest BCUT2D eigenvalue weighted by molar-refractivity contribution is -0.114. The van der Waals surface area contributed by atoms with Crippen LogP contribution in [0.25, 0.3) is 0 Å². The Morgan fingerprint density at radius 3 is 2.82 bits per heavy atom. The van der Waals surface area contributed by atoms with E-state index in [1.54, 1.807) is 18.2 Å². The Morgan fingerprint density at radius 2 is 2.09 bits per heavy atom. The molecular formula is C16H12ClFN2O2. The van der Waals surface area contributed by atoms with Gasteiger partial charge in [0, 0.05) is 34.3 Å². The van der Waals surface area contributed by atoms with E-state index in [1.807, 2.05) is 0 Å². The fourth-order valence-corrected chi connectivity index (χ4v) is 2.85. The highest BCUT2D eigenvalue weighted by molar-refractivity contribution is 6.31. The van der Waals surface area contributed by atoms with Gasteiger partial charge < -0.3 is 10.6 Å². The largest absolute Gasteiger partial charge is 0.341 e. The Bertz CT molecular complexity index is 792. The van der Waals surface area contributed by atoms with Gasteiger partial charge in [-0.1, -0.05) is 17.7 Å². The number of carbonyl (C=O) groups is 2. The van der Waals surface area contributed by atoms with Crippen molar-refractivity contribution in [2.75, 3.05) is 5.32 Å². The van der Waals surface area contributed by atoms with Crippen LogP contribution in [0.3, 0.4) is 0 Å². The summed E-state index contributed by atoms with van der Waals surface area (Å²) in [6, 6.07) is 8.41. The number of hydrogen-bond donors (Lipinski definition) is 2. The van der Waals surface area contributed by atoms with Crippen molar-refractivity contribution >= 4 is 29.1 Å². The minimum absolute atomic E-state index is 0.253. The molecule has 0 aliphatic carbocycles. The van der Waals surface area contributed by atoms with E-state index < -0.39 is 11.9 Å². The third-order valence-electron chi connectivity index (χ3n) is 3.49. The molecule has 2 aromatic carbocycles. The van der Waals surface area contributed by atoms with Crippen LogP contribution >= 0.6 is 11.6 Å². The maximum absolute atomic E-state index is 13.5. The van der Waals surface area contributed by atoms with E-state index in [0.717, 1.165) is 0 Å². The van der Waals surface area contributed by atoms with Crippen LogP contribution in [0.1, 0.15) is 34.5 Å². The van der Waals surface area contributed by atoms with Crippen molar-refractivity contribution in [3.8, 4) is 0 Å². The Labute approximate surface area is 131 Å². The second-order valence-electron chi connectivity index (χ2n) is 5.02. The summed E-state index contributed by atoms with van der Waals surface area (Å²) in [5, 5.41) is 5.81. The molecule has 6 heteroatoms. The molecule has 0 spiro atoms. The summed E-state index contributed by atoms with van der Waals surface area (Å²) in [4.78, 5) is 23.5. The van der Waals surface area contributed by atoms with Gasteiger partial charge in [-0.3, -0.25) is 9.59 Å². The van der Waals surface area contributed by atoms with Crippen LogP contribution in [0.4, 0.5) is 10.1 Å². The van der Waals surface area contributed by atoms with E-state index in [1.165, 1.54) is 25.1 Å². The zero-order chi connectivity index (χ0) is 15.9. The van der Waals surface area contributed by atoms with Gasteiger partial charge in [-0.15, -0.1) is 0 Å². The second kappa shape index (κ2) is 5.42. The van der Waals surface area contributed by atoms with Crippen molar-refractivity contribution in [1.29, 1.82) is 0 Å². The summed E-state index contributed by atoms with van der Waals surface area (Å²) >= 11 is 6.14. The molecule has 4 nitrogen and oxygen atoms in total. The summed E-state index contributed by atoms with van der Waals surface area (Å²) < 4.78 is 13.5. The lowest BCUT2D eigenvalue weighted by atomic mass is 9.96. The van der Waals surface area contributed by atoms with Crippen molar-refractivity contribution in [2.45, 2.75) is 13.0 Å². The van der Waals surface area contributed by atoms with Crippen LogP contribution in [0.5, 0.6) is 0 Å². The van der Waals surface area contributed by atoms with Gasteiger partial charge in [0.05, 0.1) is 6.04 Å². The van der Waals surface area contributed by atoms with E-state index in [-0.39, 0.29) is 11.8 Å². The van der Waals surface area contributed by atoms with Gasteiger partial charge in [-0.2, -0.15) is 0 Å². The first-order valence-corrected chi connectivity index (χ1v) is 7.01. The molecule has 0 fully saturated rings. The summed E-state index contributed by atoms with van der Waals surface area (Å²) in [5.41, 5.74) is 1.99. The molecule has 3 rings (SSSR count). The van der Waals surface area contributed by atoms with Crippen LogP contribution in [-0.4, -0.2) is 11.8 Å². The molecular weight excluding hydrogens is 307 g/mol. The molecule has 0 aromatic heterocycles. The lowest BCUT2D eigenvalue weighted by Gasteiger charge is -2.17. The third kappa shape index (κ3) is 2.44. The predicted octanol–water partition coefficient (Wildman–Crippen LogP) is 3.27. The molecule has 1 atom stereocenters. The molecule has 1 heterocycles. The SMILES string of the molecule is CC(=O)Nc1cccc2c1C(c1cc(F)ccc1Cl)NC2=O. The molecule has 2 N–H and O–H groups in total. The summed E-state index contributed by atoms with van der Waals surface area (Å²) in [5.74, 6) is -0.983. The van der Waals surface area contributed by atoms with E-state index in [0.29, 0.717) is 27.4 Å². The average Bonchev–Trinajstić information content (AvgIpc) is 2.79. The fourth-order valence-electron chi connectivity index (χ4n) is 2.62. The van der Waals surface area contributed by atoms with Gasteiger partial charge in [-0.25, -0.2) is 4.39 Å². The molecule has 1 aliphatic heterocycles. The van der Waals surface area contributed by atoms with E-state index in [4.69, 9.17) is 11.6 Å². The molecule has 1 unspecified atom stereocenters. The highest BCUT2D eigenvalue weighted by Crippen LogP contribution is 2.39. The smallest absolute Gasteiger partial charge is 0.252 e. The van der Waals surface area contributed by atoms with Crippen molar-refractivity contribution in [1.82, 2.24) is 5.32 Å². The number of carbonyl (C=O) groups excluding carboxylic acids is 2. The topological polar surface area (TPSA) is 58.2 Å². The molecule has 0 saturated heterocycles. The van der Waals surface area contributed by atoms with E-state index >= 15 is 0 Å². The van der Waals surface area contributed by atoms with Gasteiger partial charge in [-0.05, 0) is 30.3 Å². The van der Waals surface area contributed by atoms with Gasteiger partial charge in [0.25, 0.3) is 5.91 Å². The highest BCUT2D eigenvalue weighted by atomic mass is 35.5. The van der Waals surface area contributed by atoms with Gasteiger partial charge in [0.15, 0.2) is 0 Å². The van der Waals surface area contributed by atoms with Crippen LogP contribution in [0.15, 0.2) is 36.4 Å². The number of benzene rings is 2. The molecule has 2 aromatic rings. The minimum Gasteiger partial charge on any atom is -0.341 e. The van der Waals surface area contributed by atoms with Crippen molar-refractivity contribution in [3.63, 3.8) is 0 Å². The van der Waals surface area contributed by atoms with Crippen molar-refractivity contribution in [2.24, 2.45) is 0 Å². The maximum Gasteiger partial charge on any atom is 0.252 e. The predicted molar refractivity (Wildman–Crippen MR) is 81.5 cm³/mol. The molecule has 0 radical (unpaired) electrons. The number of fused-ring (bicyclic) bond motifs is 1. The van der Waals surface area contributed by atoms with Crippen molar-refractivity contribution in [3.05, 3.63) is 63.9 Å². The van der Waals surface area contributed by atoms with E-state index in [2.05, 4.69) is 10.6 Å². The maximum atomic E-state index is 13.5. The number of amides is 2. The Morgan fingerprint density at radius 1 is 1.32 bits per heavy atom. The highest BCUT2D eigenvalue weighted by Gasteiger charge is 2.33. The first kappa shape index (κ1) is 14.5. The Balaban J connectivity index is 2.17. The summed E-state index contributed by atoms with van der Waals surface area (Å²) in [6.07, 6.45) is 0. The van der Waals surface area contributed by atoms with Gasteiger partial charge in [0.2, 0.25) is 5.91 Å². The van der Waals surface area contributed by atoms with Crippen LogP contribution < -0.4 is 10.6 Å². The monoisotopic (exact) mass is 318 g/mol. The summed E-state index contributed by atoms with van der Waals surface area (Å²) in [6.45, 7) is 1.38. The lowest BCUT2D eigenvalue weighted by Crippen LogP contribution is -2.20.